The molecule has 0 rings (SSSR count). The van der Waals surface area contributed by atoms with Crippen molar-refractivity contribution < 1.29 is 32.9 Å². The van der Waals surface area contributed by atoms with Crippen molar-refractivity contribution >= 4 is 13.7 Å². The Balaban J connectivity index is 3.98. The molecule has 0 aliphatic rings. The van der Waals surface area contributed by atoms with E-state index in [1.54, 1.807) is 6.08 Å². The fraction of sp³-hybridized carbons (Fsp3) is 0.925. The third kappa shape index (κ3) is 60.6. The molecule has 0 bridgehead atoms. The van der Waals surface area contributed by atoms with E-state index in [0.29, 0.717) is 17.4 Å². The first-order valence-electron chi connectivity index (χ1n) is 33.7. The summed E-state index contributed by atoms with van der Waals surface area (Å²) >= 11 is 0. The van der Waals surface area contributed by atoms with Gasteiger partial charge in [-0.05, 0) is 32.1 Å². The highest BCUT2D eigenvalue weighted by molar-refractivity contribution is 7.45. The zero-order valence-electron chi connectivity index (χ0n) is 51.7. The maximum atomic E-state index is 13.0. The van der Waals surface area contributed by atoms with Gasteiger partial charge < -0.3 is 28.8 Å². The second kappa shape index (κ2) is 58.6. The topological polar surface area (TPSA) is 108 Å². The van der Waals surface area contributed by atoms with E-state index in [2.05, 4.69) is 31.3 Å². The second-order valence-electron chi connectivity index (χ2n) is 24.5. The average molecular weight is 1090 g/mol. The lowest BCUT2D eigenvalue weighted by atomic mass is 10.0. The molecule has 1 amide bonds. The number of carbonyl (C=O) groups excluding carboxylic acids is 1. The predicted octanol–water partition coefficient (Wildman–Crippen LogP) is 20.5. The van der Waals surface area contributed by atoms with Crippen LogP contribution in [0.5, 0.6) is 0 Å². The minimum atomic E-state index is -4.61. The molecule has 3 unspecified atom stereocenters. The molecule has 0 aromatic rings. The number of nitrogens with zero attached hydrogens (tertiary/aromatic N) is 1. The third-order valence-corrected chi connectivity index (χ3v) is 16.6. The van der Waals surface area contributed by atoms with E-state index in [1.165, 1.54) is 289 Å². The highest BCUT2D eigenvalue weighted by atomic mass is 31.2. The van der Waals surface area contributed by atoms with Gasteiger partial charge in [0, 0.05) is 6.42 Å². The van der Waals surface area contributed by atoms with Gasteiger partial charge in [0.2, 0.25) is 5.91 Å². The van der Waals surface area contributed by atoms with Gasteiger partial charge in [-0.15, -0.1) is 0 Å². The summed E-state index contributed by atoms with van der Waals surface area (Å²) < 4.78 is 23.4. The van der Waals surface area contributed by atoms with E-state index in [4.69, 9.17) is 9.05 Å². The van der Waals surface area contributed by atoms with Crippen molar-refractivity contribution in [2.75, 3.05) is 40.9 Å². The monoisotopic (exact) mass is 1090 g/mol. The lowest BCUT2D eigenvalue weighted by Crippen LogP contribution is -2.45. The van der Waals surface area contributed by atoms with Gasteiger partial charge in [-0.3, -0.25) is 9.36 Å². The van der Waals surface area contributed by atoms with Gasteiger partial charge in [-0.2, -0.15) is 0 Å². The summed E-state index contributed by atoms with van der Waals surface area (Å²) in [4.78, 5) is 25.6. The van der Waals surface area contributed by atoms with E-state index in [0.717, 1.165) is 38.5 Å². The molecule has 9 heteroatoms. The molecule has 3 atom stereocenters. The van der Waals surface area contributed by atoms with E-state index in [1.807, 2.05) is 27.2 Å². The van der Waals surface area contributed by atoms with Crippen LogP contribution in [0, 0.1) is 0 Å². The van der Waals surface area contributed by atoms with Crippen LogP contribution in [0.2, 0.25) is 0 Å². The third-order valence-electron chi connectivity index (χ3n) is 15.7. The number of nitrogens with one attached hydrogen (secondary N) is 1. The normalized spacial score (nSPS) is 13.8. The summed E-state index contributed by atoms with van der Waals surface area (Å²) in [5, 5.41) is 13.9. The average Bonchev–Trinajstić information content (AvgIpc) is 3.38. The first-order valence-corrected chi connectivity index (χ1v) is 35.2. The number of aliphatic hydroxyl groups is 1. The number of rotatable bonds is 63. The first kappa shape index (κ1) is 75.0. The summed E-state index contributed by atoms with van der Waals surface area (Å²) in [6.45, 7) is 4.68. The molecule has 8 nitrogen and oxygen atoms in total. The number of unbranched alkanes of at least 4 members (excludes halogenated alkanes) is 48. The minimum absolute atomic E-state index is 0.00359. The Morgan fingerprint density at radius 2 is 0.737 bits per heavy atom. The molecule has 0 heterocycles. The van der Waals surface area contributed by atoms with Gasteiger partial charge in [0.25, 0.3) is 7.82 Å². The van der Waals surface area contributed by atoms with Crippen LogP contribution in [0.25, 0.3) is 0 Å². The number of phosphoric acid groups is 1. The summed E-state index contributed by atoms with van der Waals surface area (Å²) in [7, 11) is 1.26. The number of carbonyl (C=O) groups is 1. The van der Waals surface area contributed by atoms with Crippen molar-refractivity contribution in [2.45, 2.75) is 360 Å². The molecule has 0 spiro atoms. The lowest BCUT2D eigenvalue weighted by Gasteiger charge is -2.29. The Bertz CT molecular complexity index is 1290. The number of quaternary nitrogens is 1. The summed E-state index contributed by atoms with van der Waals surface area (Å²) in [5.41, 5.74) is 0. The molecule has 0 aliphatic carbocycles. The van der Waals surface area contributed by atoms with E-state index in [9.17, 15) is 19.4 Å². The summed E-state index contributed by atoms with van der Waals surface area (Å²) in [5.74, 6) is -0.199. The number of aliphatic hydroxyl groups excluding tert-OH is 1. The van der Waals surface area contributed by atoms with Crippen LogP contribution in [0.1, 0.15) is 348 Å². The molecule has 76 heavy (non-hydrogen) atoms. The Kier molecular flexibility index (Phi) is 57.8. The number of hydrogen-bond acceptors (Lipinski definition) is 6. The maximum Gasteiger partial charge on any atom is 0.268 e. The lowest BCUT2D eigenvalue weighted by molar-refractivity contribution is -0.870. The van der Waals surface area contributed by atoms with Crippen LogP contribution in [0.4, 0.5) is 0 Å². The molecule has 0 aliphatic heterocycles. The number of likely N-dealkylation sites (N-methyl/N-ethyl adjacent to an activating group) is 1. The smallest absolute Gasteiger partial charge is 0.268 e. The number of hydrogen-bond donors (Lipinski definition) is 2. The highest BCUT2D eigenvalue weighted by Gasteiger charge is 2.23. The van der Waals surface area contributed by atoms with Gasteiger partial charge in [0.05, 0.1) is 39.9 Å². The largest absolute Gasteiger partial charge is 0.756 e. The van der Waals surface area contributed by atoms with Crippen LogP contribution in [-0.2, 0) is 18.4 Å². The van der Waals surface area contributed by atoms with Crippen molar-refractivity contribution in [1.29, 1.82) is 0 Å². The predicted molar refractivity (Wildman–Crippen MR) is 330 cm³/mol. The van der Waals surface area contributed by atoms with Gasteiger partial charge in [-0.25, -0.2) is 0 Å². The fourth-order valence-corrected chi connectivity index (χ4v) is 11.1. The maximum absolute atomic E-state index is 13.0. The molecular formula is C67H133N2O6P. The van der Waals surface area contributed by atoms with E-state index in [-0.39, 0.29) is 19.1 Å². The van der Waals surface area contributed by atoms with Crippen LogP contribution in [0.3, 0.4) is 0 Å². The van der Waals surface area contributed by atoms with Gasteiger partial charge in [0.1, 0.15) is 13.2 Å². The molecular weight excluding hydrogens is 960 g/mol. The summed E-state index contributed by atoms with van der Waals surface area (Å²) in [6.07, 6.45) is 75.9. The molecule has 0 saturated carbocycles. The Morgan fingerprint density at radius 3 is 1.07 bits per heavy atom. The zero-order valence-corrected chi connectivity index (χ0v) is 52.6. The number of allylic oxidation sites excluding steroid dienone is 3. The molecule has 0 saturated heterocycles. The molecule has 2 N–H and O–H groups in total. The standard InChI is InChI=1S/C67H133N2O6P/c1-6-8-10-12-14-16-18-20-22-24-26-27-28-29-30-31-32-33-34-35-36-37-38-39-40-41-43-45-47-49-51-53-55-57-59-61-67(71)68-65(64-75-76(72,73)74-63-62-69(3,4)5)66(70)60-58-56-54-52-50-48-46-44-42-25-23-21-19-17-15-13-11-9-7-2/h50,52,58,60,65-66,70H,6-49,51,53-57,59,61-64H2,1-5H3,(H-,68,71,72,73)/b52-50+,60-58+. The second-order valence-corrected chi connectivity index (χ2v) is 25.9. The van der Waals surface area contributed by atoms with Gasteiger partial charge in [-0.1, -0.05) is 334 Å². The molecule has 452 valence electrons. The Hall–Kier alpha value is -1.02. The van der Waals surface area contributed by atoms with Gasteiger partial charge in [0.15, 0.2) is 0 Å². The number of amides is 1. The molecule has 0 aromatic heterocycles. The van der Waals surface area contributed by atoms with Crippen molar-refractivity contribution in [3.8, 4) is 0 Å². The highest BCUT2D eigenvalue weighted by Crippen LogP contribution is 2.38. The Morgan fingerprint density at radius 1 is 0.447 bits per heavy atom. The van der Waals surface area contributed by atoms with E-state index >= 15 is 0 Å². The Labute approximate surface area is 474 Å². The number of phosphoric ester groups is 1. The molecule has 0 fully saturated rings. The van der Waals surface area contributed by atoms with Crippen molar-refractivity contribution in [3.63, 3.8) is 0 Å². The van der Waals surface area contributed by atoms with Crippen molar-refractivity contribution in [3.05, 3.63) is 24.3 Å². The van der Waals surface area contributed by atoms with Crippen LogP contribution < -0.4 is 10.2 Å². The van der Waals surface area contributed by atoms with Crippen LogP contribution in [-0.4, -0.2) is 68.5 Å². The molecule has 0 aromatic carbocycles. The fourth-order valence-electron chi connectivity index (χ4n) is 10.4. The van der Waals surface area contributed by atoms with Crippen molar-refractivity contribution in [2.24, 2.45) is 0 Å². The summed E-state index contributed by atoms with van der Waals surface area (Å²) in [6, 6.07) is -0.901. The molecule has 0 radical (unpaired) electrons. The first-order chi connectivity index (χ1) is 37.0. The quantitative estimate of drug-likeness (QED) is 0.0272. The SMILES string of the molecule is CCCCCCCCCCCCCCC/C=C/CC/C=C/C(O)C(COP(=O)([O-])OCC[N+](C)(C)C)NC(=O)CCCCCCCCCCCCCCCCCCCCCCCCCCCCCCCCCCCCC. The van der Waals surface area contributed by atoms with Crippen molar-refractivity contribution in [1.82, 2.24) is 5.32 Å². The van der Waals surface area contributed by atoms with E-state index < -0.39 is 20.0 Å². The van der Waals surface area contributed by atoms with Gasteiger partial charge >= 0.3 is 0 Å². The minimum Gasteiger partial charge on any atom is -0.756 e. The zero-order chi connectivity index (χ0) is 55.6. The van der Waals surface area contributed by atoms with Crippen LogP contribution in [0.15, 0.2) is 24.3 Å². The van der Waals surface area contributed by atoms with Crippen LogP contribution >= 0.6 is 7.82 Å².